The first-order valence-electron chi connectivity index (χ1n) is 7.48. The third kappa shape index (κ3) is 5.31. The Kier molecular flexibility index (Phi) is 5.67. The average Bonchev–Trinajstić information content (AvgIpc) is 2.57. The zero-order chi connectivity index (χ0) is 18.4. The molecule has 8 heteroatoms. The lowest BCUT2D eigenvalue weighted by molar-refractivity contribution is -0.384. The maximum absolute atomic E-state index is 12.1. The van der Waals surface area contributed by atoms with Crippen LogP contribution in [-0.4, -0.2) is 35.4 Å². The van der Waals surface area contributed by atoms with Gasteiger partial charge in [0, 0.05) is 30.6 Å². The first-order valence-corrected chi connectivity index (χ1v) is 7.48. The molecule has 25 heavy (non-hydrogen) atoms. The lowest BCUT2D eigenvalue weighted by Crippen LogP contribution is -2.37. The first kappa shape index (κ1) is 17.9. The Labute approximate surface area is 144 Å². The summed E-state index contributed by atoms with van der Waals surface area (Å²) in [4.78, 5) is 35.5. The fourth-order valence-corrected chi connectivity index (χ4v) is 2.04. The molecular formula is C17H18N4O4. The standard InChI is InChI=1S/C17H18N4O4/c1-12-6-8-13(9-7-12)18-16(22)11-20(2)17(23)19-14-4-3-5-15(10-14)21(24)25/h3-10H,11H2,1-2H3,(H,18,22)(H,19,23). The molecule has 0 radical (unpaired) electrons. The molecule has 2 aromatic rings. The molecule has 2 rings (SSSR count). The summed E-state index contributed by atoms with van der Waals surface area (Å²) >= 11 is 0. The number of carbonyl (C=O) groups is 2. The number of amides is 3. The summed E-state index contributed by atoms with van der Waals surface area (Å²) in [6.45, 7) is 1.78. The van der Waals surface area contributed by atoms with E-state index in [1.54, 1.807) is 12.1 Å². The van der Waals surface area contributed by atoms with Crippen molar-refractivity contribution in [2.24, 2.45) is 0 Å². The van der Waals surface area contributed by atoms with Crippen molar-refractivity contribution in [2.45, 2.75) is 6.92 Å². The van der Waals surface area contributed by atoms with Gasteiger partial charge in [-0.2, -0.15) is 0 Å². The Bertz CT molecular complexity index is 789. The number of aryl methyl sites for hydroxylation is 1. The molecular weight excluding hydrogens is 324 g/mol. The zero-order valence-electron chi connectivity index (χ0n) is 13.9. The number of nitro benzene ring substituents is 1. The van der Waals surface area contributed by atoms with E-state index in [1.165, 1.54) is 36.2 Å². The van der Waals surface area contributed by atoms with Crippen LogP contribution in [-0.2, 0) is 4.79 Å². The van der Waals surface area contributed by atoms with Crippen molar-refractivity contribution in [2.75, 3.05) is 24.2 Å². The van der Waals surface area contributed by atoms with Crippen LogP contribution in [0.5, 0.6) is 0 Å². The van der Waals surface area contributed by atoms with Gasteiger partial charge in [-0.25, -0.2) is 4.79 Å². The van der Waals surface area contributed by atoms with Crippen LogP contribution in [0.15, 0.2) is 48.5 Å². The smallest absolute Gasteiger partial charge is 0.322 e. The Morgan fingerprint density at radius 1 is 1.08 bits per heavy atom. The molecule has 0 fully saturated rings. The Hall–Kier alpha value is -3.42. The molecule has 0 saturated heterocycles. The quantitative estimate of drug-likeness (QED) is 0.643. The first-order chi connectivity index (χ1) is 11.8. The van der Waals surface area contributed by atoms with E-state index in [0.717, 1.165) is 5.56 Å². The minimum absolute atomic E-state index is 0.127. The summed E-state index contributed by atoms with van der Waals surface area (Å²) < 4.78 is 0. The number of benzene rings is 2. The molecule has 0 aliphatic rings. The van der Waals surface area contributed by atoms with Crippen molar-refractivity contribution in [3.8, 4) is 0 Å². The molecule has 0 saturated carbocycles. The number of likely N-dealkylation sites (N-methyl/N-ethyl adjacent to an activating group) is 1. The fourth-order valence-electron chi connectivity index (χ4n) is 2.04. The van der Waals surface area contributed by atoms with Crippen LogP contribution < -0.4 is 10.6 Å². The predicted octanol–water partition coefficient (Wildman–Crippen LogP) is 3.01. The minimum Gasteiger partial charge on any atom is -0.325 e. The Morgan fingerprint density at radius 3 is 2.40 bits per heavy atom. The van der Waals surface area contributed by atoms with Crippen molar-refractivity contribution >= 4 is 29.0 Å². The van der Waals surface area contributed by atoms with Crippen molar-refractivity contribution in [1.29, 1.82) is 0 Å². The Balaban J connectivity index is 1.91. The molecule has 8 nitrogen and oxygen atoms in total. The van der Waals surface area contributed by atoms with Gasteiger partial charge in [-0.1, -0.05) is 23.8 Å². The van der Waals surface area contributed by atoms with E-state index in [0.29, 0.717) is 5.69 Å². The summed E-state index contributed by atoms with van der Waals surface area (Å²) in [7, 11) is 1.46. The molecule has 0 aromatic heterocycles. The molecule has 0 aliphatic heterocycles. The van der Waals surface area contributed by atoms with Crippen LogP contribution >= 0.6 is 0 Å². The molecule has 0 unspecified atom stereocenters. The summed E-state index contributed by atoms with van der Waals surface area (Å²) in [5.74, 6) is -0.347. The number of rotatable bonds is 5. The molecule has 0 bridgehead atoms. The number of anilines is 2. The highest BCUT2D eigenvalue weighted by Gasteiger charge is 2.14. The maximum atomic E-state index is 12.1. The van der Waals surface area contributed by atoms with Gasteiger partial charge in [-0.15, -0.1) is 0 Å². The van der Waals surface area contributed by atoms with E-state index >= 15 is 0 Å². The number of nitro groups is 1. The minimum atomic E-state index is -0.547. The van der Waals surface area contributed by atoms with Crippen molar-refractivity contribution in [3.63, 3.8) is 0 Å². The van der Waals surface area contributed by atoms with E-state index in [2.05, 4.69) is 10.6 Å². The van der Waals surface area contributed by atoms with Gasteiger partial charge in [0.2, 0.25) is 5.91 Å². The third-order valence-electron chi connectivity index (χ3n) is 3.37. The second kappa shape index (κ2) is 7.91. The number of nitrogens with zero attached hydrogens (tertiary/aromatic N) is 2. The zero-order valence-corrected chi connectivity index (χ0v) is 13.9. The largest absolute Gasteiger partial charge is 0.325 e. The van der Waals surface area contributed by atoms with Crippen LogP contribution in [0, 0.1) is 17.0 Å². The predicted molar refractivity (Wildman–Crippen MR) is 94.6 cm³/mol. The van der Waals surface area contributed by atoms with Crippen LogP contribution in [0.2, 0.25) is 0 Å². The molecule has 0 heterocycles. The van der Waals surface area contributed by atoms with Gasteiger partial charge in [0.1, 0.15) is 6.54 Å². The van der Waals surface area contributed by atoms with E-state index in [-0.39, 0.29) is 23.8 Å². The average molecular weight is 342 g/mol. The topological polar surface area (TPSA) is 105 Å². The molecule has 0 spiro atoms. The highest BCUT2D eigenvalue weighted by molar-refractivity contribution is 5.96. The second-order valence-corrected chi connectivity index (χ2v) is 5.51. The highest BCUT2D eigenvalue weighted by Crippen LogP contribution is 2.17. The van der Waals surface area contributed by atoms with E-state index in [1.807, 2.05) is 19.1 Å². The fraction of sp³-hybridized carbons (Fsp3) is 0.176. The lowest BCUT2D eigenvalue weighted by Gasteiger charge is -2.17. The molecule has 2 N–H and O–H groups in total. The van der Waals surface area contributed by atoms with Crippen LogP contribution in [0.1, 0.15) is 5.56 Å². The van der Waals surface area contributed by atoms with Crippen LogP contribution in [0.4, 0.5) is 21.9 Å². The molecule has 130 valence electrons. The number of nitrogens with one attached hydrogen (secondary N) is 2. The van der Waals surface area contributed by atoms with Crippen molar-refractivity contribution in [3.05, 3.63) is 64.2 Å². The van der Waals surface area contributed by atoms with Gasteiger partial charge in [0.15, 0.2) is 0 Å². The van der Waals surface area contributed by atoms with Crippen LogP contribution in [0.25, 0.3) is 0 Å². The lowest BCUT2D eigenvalue weighted by atomic mass is 10.2. The monoisotopic (exact) mass is 342 g/mol. The van der Waals surface area contributed by atoms with Gasteiger partial charge >= 0.3 is 6.03 Å². The van der Waals surface area contributed by atoms with E-state index in [4.69, 9.17) is 0 Å². The number of hydrogen-bond acceptors (Lipinski definition) is 4. The van der Waals surface area contributed by atoms with Gasteiger partial charge in [0.25, 0.3) is 5.69 Å². The summed E-state index contributed by atoms with van der Waals surface area (Å²) in [5, 5.41) is 16.0. The summed E-state index contributed by atoms with van der Waals surface area (Å²) in [5.41, 5.74) is 1.87. The normalized spacial score (nSPS) is 10.0. The van der Waals surface area contributed by atoms with Crippen LogP contribution in [0.3, 0.4) is 0 Å². The van der Waals surface area contributed by atoms with E-state index < -0.39 is 11.0 Å². The summed E-state index contributed by atoms with van der Waals surface area (Å²) in [6, 6.07) is 12.3. The summed E-state index contributed by atoms with van der Waals surface area (Å²) in [6.07, 6.45) is 0. The van der Waals surface area contributed by atoms with Crippen molar-refractivity contribution in [1.82, 2.24) is 4.90 Å². The molecule has 0 atom stereocenters. The second-order valence-electron chi connectivity index (χ2n) is 5.51. The van der Waals surface area contributed by atoms with Gasteiger partial charge < -0.3 is 15.5 Å². The van der Waals surface area contributed by atoms with Gasteiger partial charge in [0.05, 0.1) is 4.92 Å². The number of hydrogen-bond donors (Lipinski definition) is 2. The molecule has 2 aromatic carbocycles. The number of non-ortho nitro benzene ring substituents is 1. The van der Waals surface area contributed by atoms with Gasteiger partial charge in [-0.3, -0.25) is 14.9 Å². The number of carbonyl (C=O) groups excluding carboxylic acids is 2. The number of urea groups is 1. The molecule has 3 amide bonds. The van der Waals surface area contributed by atoms with Crippen molar-refractivity contribution < 1.29 is 14.5 Å². The third-order valence-corrected chi connectivity index (χ3v) is 3.37. The highest BCUT2D eigenvalue weighted by atomic mass is 16.6. The maximum Gasteiger partial charge on any atom is 0.322 e. The molecule has 0 aliphatic carbocycles. The Morgan fingerprint density at radius 2 is 1.76 bits per heavy atom. The van der Waals surface area contributed by atoms with E-state index in [9.17, 15) is 19.7 Å². The SMILES string of the molecule is Cc1ccc(NC(=O)CN(C)C(=O)Nc2cccc([N+](=O)[O-])c2)cc1. The van der Waals surface area contributed by atoms with Gasteiger partial charge in [-0.05, 0) is 25.1 Å².